The topological polar surface area (TPSA) is 58.1 Å². The summed E-state index contributed by atoms with van der Waals surface area (Å²) < 4.78 is 0. The highest BCUT2D eigenvalue weighted by molar-refractivity contribution is 6.05. The van der Waals surface area contributed by atoms with Crippen molar-refractivity contribution in [3.05, 3.63) is 83.7 Å². The van der Waals surface area contributed by atoms with Crippen LogP contribution in [0.4, 0.5) is 11.6 Å². The number of nitrogens with zero attached hydrogens (tertiary/aromatic N) is 3. The first-order chi connectivity index (χ1) is 12.1. The quantitative estimate of drug-likeness (QED) is 0.774. The molecular formula is C20H20N4O. The molecule has 0 aliphatic carbocycles. The number of aromatic nitrogens is 2. The fourth-order valence-electron chi connectivity index (χ4n) is 2.50. The number of hydrogen-bond acceptors (Lipinski definition) is 4. The van der Waals surface area contributed by atoms with E-state index in [0.29, 0.717) is 18.1 Å². The van der Waals surface area contributed by atoms with Gasteiger partial charge in [0, 0.05) is 31.7 Å². The van der Waals surface area contributed by atoms with Crippen molar-refractivity contribution in [2.45, 2.75) is 13.5 Å². The van der Waals surface area contributed by atoms with E-state index in [2.05, 4.69) is 34.3 Å². The van der Waals surface area contributed by atoms with Gasteiger partial charge in [0.2, 0.25) is 5.95 Å². The standard InChI is InChI=1S/C20H20N4O/c1-15-7-6-8-16(11-15)12-21-20-22-13-17(14-23-20)19(25)24(2)18-9-4-3-5-10-18/h3-11,13-14H,12H2,1-2H3,(H,21,22,23). The predicted octanol–water partition coefficient (Wildman–Crippen LogP) is 3.67. The molecule has 0 unspecified atom stereocenters. The number of aryl methyl sites for hydroxylation is 1. The zero-order valence-corrected chi connectivity index (χ0v) is 14.3. The third-order valence-corrected chi connectivity index (χ3v) is 3.88. The van der Waals surface area contributed by atoms with Gasteiger partial charge in [-0.15, -0.1) is 0 Å². The van der Waals surface area contributed by atoms with E-state index in [0.717, 1.165) is 11.3 Å². The normalized spacial score (nSPS) is 10.3. The summed E-state index contributed by atoms with van der Waals surface area (Å²) in [7, 11) is 1.74. The minimum absolute atomic E-state index is 0.142. The molecule has 126 valence electrons. The van der Waals surface area contributed by atoms with Crippen LogP contribution >= 0.6 is 0 Å². The maximum atomic E-state index is 12.5. The lowest BCUT2D eigenvalue weighted by Gasteiger charge is -2.17. The van der Waals surface area contributed by atoms with Gasteiger partial charge in [-0.3, -0.25) is 4.79 Å². The van der Waals surface area contributed by atoms with Gasteiger partial charge in [-0.25, -0.2) is 9.97 Å². The number of amides is 1. The van der Waals surface area contributed by atoms with Crippen LogP contribution in [0.25, 0.3) is 0 Å². The summed E-state index contributed by atoms with van der Waals surface area (Å²) in [6.07, 6.45) is 3.10. The predicted molar refractivity (Wildman–Crippen MR) is 99.7 cm³/mol. The molecule has 25 heavy (non-hydrogen) atoms. The van der Waals surface area contributed by atoms with Crippen LogP contribution in [-0.4, -0.2) is 22.9 Å². The molecule has 5 nitrogen and oxygen atoms in total. The number of rotatable bonds is 5. The summed E-state index contributed by atoms with van der Waals surface area (Å²) in [6.45, 7) is 2.70. The van der Waals surface area contributed by atoms with Gasteiger partial charge in [0.1, 0.15) is 0 Å². The molecule has 1 aromatic heterocycles. The first kappa shape index (κ1) is 16.6. The summed E-state index contributed by atoms with van der Waals surface area (Å²) in [5, 5.41) is 3.17. The van der Waals surface area contributed by atoms with Crippen LogP contribution in [0, 0.1) is 6.92 Å². The maximum Gasteiger partial charge on any atom is 0.261 e. The molecule has 2 aromatic carbocycles. The van der Waals surface area contributed by atoms with Crippen molar-refractivity contribution in [2.24, 2.45) is 0 Å². The lowest BCUT2D eigenvalue weighted by atomic mass is 10.1. The molecule has 3 rings (SSSR count). The molecule has 0 aliphatic rings. The second-order valence-electron chi connectivity index (χ2n) is 5.84. The van der Waals surface area contributed by atoms with Crippen LogP contribution in [-0.2, 0) is 6.54 Å². The minimum Gasteiger partial charge on any atom is -0.350 e. The Hall–Kier alpha value is -3.21. The molecule has 0 spiro atoms. The fraction of sp³-hybridized carbons (Fsp3) is 0.150. The second-order valence-corrected chi connectivity index (χ2v) is 5.84. The Bertz CT molecular complexity index is 847. The molecule has 0 fully saturated rings. The molecule has 1 amide bonds. The average Bonchev–Trinajstić information content (AvgIpc) is 2.66. The van der Waals surface area contributed by atoms with Gasteiger partial charge >= 0.3 is 0 Å². The van der Waals surface area contributed by atoms with Crippen molar-refractivity contribution in [1.29, 1.82) is 0 Å². The van der Waals surface area contributed by atoms with Gasteiger partial charge < -0.3 is 10.2 Å². The van der Waals surface area contributed by atoms with Crippen molar-refractivity contribution in [3.63, 3.8) is 0 Å². The van der Waals surface area contributed by atoms with Gasteiger partial charge in [0.25, 0.3) is 5.91 Å². The largest absolute Gasteiger partial charge is 0.350 e. The van der Waals surface area contributed by atoms with E-state index in [9.17, 15) is 4.79 Å². The van der Waals surface area contributed by atoms with Crippen LogP contribution < -0.4 is 10.2 Å². The smallest absolute Gasteiger partial charge is 0.261 e. The zero-order chi connectivity index (χ0) is 17.6. The second kappa shape index (κ2) is 7.57. The van der Waals surface area contributed by atoms with Gasteiger partial charge in [-0.05, 0) is 24.6 Å². The van der Waals surface area contributed by atoms with E-state index < -0.39 is 0 Å². The molecule has 1 N–H and O–H groups in total. The van der Waals surface area contributed by atoms with Crippen LogP contribution in [0.3, 0.4) is 0 Å². The highest BCUT2D eigenvalue weighted by atomic mass is 16.2. The van der Waals surface area contributed by atoms with Gasteiger partial charge in [0.05, 0.1) is 5.56 Å². The third-order valence-electron chi connectivity index (χ3n) is 3.88. The van der Waals surface area contributed by atoms with Gasteiger partial charge in [-0.1, -0.05) is 48.0 Å². The van der Waals surface area contributed by atoms with Crippen molar-refractivity contribution >= 4 is 17.5 Å². The SMILES string of the molecule is Cc1cccc(CNc2ncc(C(=O)N(C)c3ccccc3)cn2)c1. The monoisotopic (exact) mass is 332 g/mol. The summed E-state index contributed by atoms with van der Waals surface area (Å²) in [6, 6.07) is 17.7. The Kier molecular flexibility index (Phi) is 5.04. The summed E-state index contributed by atoms with van der Waals surface area (Å²) >= 11 is 0. The minimum atomic E-state index is -0.142. The highest BCUT2D eigenvalue weighted by Gasteiger charge is 2.14. The Morgan fingerprint density at radius 2 is 1.76 bits per heavy atom. The number of carbonyl (C=O) groups is 1. The number of nitrogens with one attached hydrogen (secondary N) is 1. The van der Waals surface area contributed by atoms with Crippen molar-refractivity contribution < 1.29 is 4.79 Å². The Labute approximate surface area is 147 Å². The summed E-state index contributed by atoms with van der Waals surface area (Å²) in [4.78, 5) is 22.6. The first-order valence-electron chi connectivity index (χ1n) is 8.08. The van der Waals surface area contributed by atoms with E-state index in [4.69, 9.17) is 0 Å². The van der Waals surface area contributed by atoms with E-state index in [1.807, 2.05) is 42.5 Å². The number of anilines is 2. The summed E-state index contributed by atoms with van der Waals surface area (Å²) in [5.74, 6) is 0.358. The van der Waals surface area contributed by atoms with E-state index >= 15 is 0 Å². The van der Waals surface area contributed by atoms with Crippen LogP contribution in [0.15, 0.2) is 67.0 Å². The molecule has 0 atom stereocenters. The molecule has 0 saturated carbocycles. The molecule has 3 aromatic rings. The Morgan fingerprint density at radius 3 is 2.44 bits per heavy atom. The molecule has 1 heterocycles. The maximum absolute atomic E-state index is 12.5. The lowest BCUT2D eigenvalue weighted by molar-refractivity contribution is 0.0992. The van der Waals surface area contributed by atoms with E-state index in [1.165, 1.54) is 5.56 Å². The molecule has 0 aliphatic heterocycles. The molecule has 0 radical (unpaired) electrons. The van der Waals surface area contributed by atoms with Crippen molar-refractivity contribution in [2.75, 3.05) is 17.3 Å². The third kappa shape index (κ3) is 4.20. The number of carbonyl (C=O) groups excluding carboxylic acids is 1. The molecule has 0 bridgehead atoms. The van der Waals surface area contributed by atoms with Crippen LogP contribution in [0.2, 0.25) is 0 Å². The number of hydrogen-bond donors (Lipinski definition) is 1. The van der Waals surface area contributed by atoms with Crippen molar-refractivity contribution in [1.82, 2.24) is 9.97 Å². The van der Waals surface area contributed by atoms with Gasteiger partial charge in [0.15, 0.2) is 0 Å². The van der Waals surface area contributed by atoms with E-state index in [1.54, 1.807) is 24.3 Å². The number of benzene rings is 2. The van der Waals surface area contributed by atoms with Crippen LogP contribution in [0.5, 0.6) is 0 Å². The first-order valence-corrected chi connectivity index (χ1v) is 8.08. The summed E-state index contributed by atoms with van der Waals surface area (Å²) in [5.41, 5.74) is 3.65. The Balaban J connectivity index is 1.64. The van der Waals surface area contributed by atoms with Gasteiger partial charge in [-0.2, -0.15) is 0 Å². The number of para-hydroxylation sites is 1. The van der Waals surface area contributed by atoms with Crippen molar-refractivity contribution in [3.8, 4) is 0 Å². The average molecular weight is 332 g/mol. The zero-order valence-electron chi connectivity index (χ0n) is 14.3. The van der Waals surface area contributed by atoms with E-state index in [-0.39, 0.29) is 5.91 Å². The molecule has 0 saturated heterocycles. The highest BCUT2D eigenvalue weighted by Crippen LogP contribution is 2.14. The fourth-order valence-corrected chi connectivity index (χ4v) is 2.50. The molecule has 5 heteroatoms. The molecular weight excluding hydrogens is 312 g/mol. The lowest BCUT2D eigenvalue weighted by Crippen LogP contribution is -2.26. The van der Waals surface area contributed by atoms with Crippen LogP contribution in [0.1, 0.15) is 21.5 Å². The Morgan fingerprint density at radius 1 is 1.04 bits per heavy atom.